The molecule has 2 rings (SSSR count). The zero-order valence-corrected chi connectivity index (χ0v) is 13.4. The lowest BCUT2D eigenvalue weighted by molar-refractivity contribution is -0.123. The number of ether oxygens (including phenoxy) is 1. The van der Waals surface area contributed by atoms with E-state index < -0.39 is 0 Å². The Balaban J connectivity index is 1.69. The number of carbonyl (C=O) groups excluding carboxylic acids is 1. The van der Waals surface area contributed by atoms with E-state index in [2.05, 4.69) is 33.1 Å². The van der Waals surface area contributed by atoms with Crippen LogP contribution in [0.2, 0.25) is 0 Å². The van der Waals surface area contributed by atoms with Gasteiger partial charge >= 0.3 is 0 Å². The highest BCUT2D eigenvalue weighted by Crippen LogP contribution is 2.16. The second-order valence-corrected chi connectivity index (χ2v) is 5.89. The number of nitrogens with one attached hydrogen (secondary N) is 1. The van der Waals surface area contributed by atoms with Gasteiger partial charge in [-0.25, -0.2) is 0 Å². The SMILES string of the molecule is CCN1CCC[C@H]1CNC(=O)COc1ccc(Br)cc1. The largest absolute Gasteiger partial charge is 0.484 e. The first-order valence-corrected chi connectivity index (χ1v) is 7.87. The second-order valence-electron chi connectivity index (χ2n) is 4.97. The number of likely N-dealkylation sites (N-methyl/N-ethyl adjacent to an activating group) is 1. The van der Waals surface area contributed by atoms with Gasteiger partial charge in [0.05, 0.1) is 0 Å². The molecule has 0 unspecified atom stereocenters. The quantitative estimate of drug-likeness (QED) is 0.864. The highest BCUT2D eigenvalue weighted by atomic mass is 79.9. The molecular formula is C15H21BrN2O2. The molecule has 1 N–H and O–H groups in total. The molecule has 1 atom stereocenters. The van der Waals surface area contributed by atoms with Gasteiger partial charge in [-0.3, -0.25) is 9.69 Å². The molecule has 0 saturated carbocycles. The molecule has 0 radical (unpaired) electrons. The number of likely N-dealkylation sites (tertiary alicyclic amines) is 1. The molecule has 20 heavy (non-hydrogen) atoms. The van der Waals surface area contributed by atoms with Crippen LogP contribution in [0, 0.1) is 0 Å². The molecule has 0 bridgehead atoms. The van der Waals surface area contributed by atoms with Crippen LogP contribution in [0.4, 0.5) is 0 Å². The molecule has 1 aliphatic heterocycles. The molecule has 1 heterocycles. The molecule has 1 saturated heterocycles. The smallest absolute Gasteiger partial charge is 0.257 e. The first-order chi connectivity index (χ1) is 9.69. The third-order valence-corrected chi connectivity index (χ3v) is 4.15. The van der Waals surface area contributed by atoms with Gasteiger partial charge in [0.15, 0.2) is 6.61 Å². The van der Waals surface area contributed by atoms with Crippen LogP contribution in [0.15, 0.2) is 28.7 Å². The first kappa shape index (κ1) is 15.3. The van der Waals surface area contributed by atoms with Crippen LogP contribution in [0.25, 0.3) is 0 Å². The second kappa shape index (κ2) is 7.64. The zero-order chi connectivity index (χ0) is 14.4. The number of carbonyl (C=O) groups is 1. The highest BCUT2D eigenvalue weighted by Gasteiger charge is 2.23. The van der Waals surface area contributed by atoms with E-state index in [0.29, 0.717) is 11.8 Å². The highest BCUT2D eigenvalue weighted by molar-refractivity contribution is 9.10. The summed E-state index contributed by atoms with van der Waals surface area (Å²) in [6, 6.07) is 7.95. The Kier molecular flexibility index (Phi) is 5.86. The Morgan fingerprint density at radius 1 is 1.45 bits per heavy atom. The summed E-state index contributed by atoms with van der Waals surface area (Å²) in [6.45, 7) is 5.15. The summed E-state index contributed by atoms with van der Waals surface area (Å²) in [5.41, 5.74) is 0. The molecule has 0 aromatic heterocycles. The van der Waals surface area contributed by atoms with Crippen molar-refractivity contribution in [1.29, 1.82) is 0 Å². The van der Waals surface area contributed by atoms with E-state index in [-0.39, 0.29) is 12.5 Å². The van der Waals surface area contributed by atoms with Gasteiger partial charge < -0.3 is 10.1 Å². The number of nitrogens with zero attached hydrogens (tertiary/aromatic N) is 1. The summed E-state index contributed by atoms with van der Waals surface area (Å²) in [5.74, 6) is 0.648. The Morgan fingerprint density at radius 3 is 2.90 bits per heavy atom. The van der Waals surface area contributed by atoms with Crippen LogP contribution in [-0.4, -0.2) is 43.1 Å². The Bertz CT molecular complexity index is 436. The lowest BCUT2D eigenvalue weighted by Gasteiger charge is -2.22. The van der Waals surface area contributed by atoms with E-state index in [1.165, 1.54) is 12.8 Å². The lowest BCUT2D eigenvalue weighted by Crippen LogP contribution is -2.41. The van der Waals surface area contributed by atoms with Crippen LogP contribution in [0.3, 0.4) is 0 Å². The number of hydrogen-bond donors (Lipinski definition) is 1. The third kappa shape index (κ3) is 4.49. The minimum atomic E-state index is -0.0594. The topological polar surface area (TPSA) is 41.6 Å². The lowest BCUT2D eigenvalue weighted by atomic mass is 10.2. The summed E-state index contributed by atoms with van der Waals surface area (Å²) < 4.78 is 6.44. The van der Waals surface area contributed by atoms with Crippen molar-refractivity contribution in [3.63, 3.8) is 0 Å². The van der Waals surface area contributed by atoms with E-state index >= 15 is 0 Å². The number of hydrogen-bond acceptors (Lipinski definition) is 3. The van der Waals surface area contributed by atoms with Crippen LogP contribution in [0.1, 0.15) is 19.8 Å². The van der Waals surface area contributed by atoms with Gasteiger partial charge in [-0.15, -0.1) is 0 Å². The molecule has 1 aliphatic rings. The predicted octanol–water partition coefficient (Wildman–Crippen LogP) is 2.43. The van der Waals surface area contributed by atoms with Gasteiger partial charge in [0.2, 0.25) is 0 Å². The Morgan fingerprint density at radius 2 is 2.20 bits per heavy atom. The fraction of sp³-hybridized carbons (Fsp3) is 0.533. The fourth-order valence-electron chi connectivity index (χ4n) is 2.51. The normalized spacial score (nSPS) is 19.0. The Labute approximate surface area is 128 Å². The van der Waals surface area contributed by atoms with Crippen molar-refractivity contribution in [3.05, 3.63) is 28.7 Å². The number of rotatable bonds is 6. The number of halogens is 1. The molecule has 1 aromatic carbocycles. The van der Waals surface area contributed by atoms with Crippen molar-refractivity contribution in [2.75, 3.05) is 26.2 Å². The van der Waals surface area contributed by atoms with Crippen LogP contribution in [-0.2, 0) is 4.79 Å². The van der Waals surface area contributed by atoms with Gasteiger partial charge in [-0.2, -0.15) is 0 Å². The number of benzene rings is 1. The van der Waals surface area contributed by atoms with Crippen molar-refractivity contribution < 1.29 is 9.53 Å². The molecule has 1 aromatic rings. The van der Waals surface area contributed by atoms with E-state index in [9.17, 15) is 4.79 Å². The molecule has 1 fully saturated rings. The molecular weight excluding hydrogens is 320 g/mol. The minimum Gasteiger partial charge on any atom is -0.484 e. The van der Waals surface area contributed by atoms with Crippen LogP contribution in [0.5, 0.6) is 5.75 Å². The maximum atomic E-state index is 11.8. The molecule has 0 aliphatic carbocycles. The Hall–Kier alpha value is -1.07. The molecule has 110 valence electrons. The van der Waals surface area contributed by atoms with Gasteiger partial charge in [-0.1, -0.05) is 22.9 Å². The molecule has 0 spiro atoms. The summed E-state index contributed by atoms with van der Waals surface area (Å²) in [7, 11) is 0. The fourth-order valence-corrected chi connectivity index (χ4v) is 2.77. The average Bonchev–Trinajstić information content (AvgIpc) is 2.92. The number of amides is 1. The van der Waals surface area contributed by atoms with Gasteiger partial charge in [0.1, 0.15) is 5.75 Å². The standard InChI is InChI=1S/C15H21BrN2O2/c1-2-18-9-3-4-13(18)10-17-15(19)11-20-14-7-5-12(16)6-8-14/h5-8,13H,2-4,9-11H2,1H3,(H,17,19)/t13-/m0/s1. The van der Waals surface area contributed by atoms with Crippen molar-refractivity contribution in [1.82, 2.24) is 10.2 Å². The van der Waals surface area contributed by atoms with Gasteiger partial charge in [-0.05, 0) is 50.2 Å². The molecule has 5 heteroatoms. The zero-order valence-electron chi connectivity index (χ0n) is 11.8. The van der Waals surface area contributed by atoms with Crippen molar-refractivity contribution in [3.8, 4) is 5.75 Å². The summed E-state index contributed by atoms with van der Waals surface area (Å²) in [4.78, 5) is 14.2. The van der Waals surface area contributed by atoms with Gasteiger partial charge in [0, 0.05) is 17.1 Å². The van der Waals surface area contributed by atoms with E-state index in [4.69, 9.17) is 4.74 Å². The van der Waals surface area contributed by atoms with E-state index in [1.807, 2.05) is 24.3 Å². The van der Waals surface area contributed by atoms with Crippen molar-refractivity contribution in [2.45, 2.75) is 25.8 Å². The summed E-state index contributed by atoms with van der Waals surface area (Å²) in [5, 5.41) is 2.96. The van der Waals surface area contributed by atoms with Crippen LogP contribution < -0.4 is 10.1 Å². The van der Waals surface area contributed by atoms with Crippen molar-refractivity contribution >= 4 is 21.8 Å². The van der Waals surface area contributed by atoms with E-state index in [0.717, 1.165) is 24.1 Å². The molecule has 4 nitrogen and oxygen atoms in total. The van der Waals surface area contributed by atoms with E-state index in [1.54, 1.807) is 0 Å². The predicted molar refractivity (Wildman–Crippen MR) is 82.9 cm³/mol. The monoisotopic (exact) mass is 340 g/mol. The average molecular weight is 341 g/mol. The summed E-state index contributed by atoms with van der Waals surface area (Å²) >= 11 is 3.36. The maximum absolute atomic E-state index is 11.8. The van der Waals surface area contributed by atoms with Crippen LogP contribution >= 0.6 is 15.9 Å². The van der Waals surface area contributed by atoms with Gasteiger partial charge in [0.25, 0.3) is 5.91 Å². The first-order valence-electron chi connectivity index (χ1n) is 7.08. The third-order valence-electron chi connectivity index (χ3n) is 3.62. The van der Waals surface area contributed by atoms with Crippen molar-refractivity contribution in [2.24, 2.45) is 0 Å². The minimum absolute atomic E-state index is 0.0594. The maximum Gasteiger partial charge on any atom is 0.257 e. The summed E-state index contributed by atoms with van der Waals surface area (Å²) in [6.07, 6.45) is 2.39. The molecule has 1 amide bonds.